The minimum Gasteiger partial charge on any atom is -0.618 e. The maximum atomic E-state index is 12.3. The summed E-state index contributed by atoms with van der Waals surface area (Å²) in [6.07, 6.45) is -1.20. The Kier molecular flexibility index (Phi) is 4.99. The van der Waals surface area contributed by atoms with E-state index in [9.17, 15) is 18.8 Å². The van der Waals surface area contributed by atoms with Crippen LogP contribution in [0.5, 0.6) is 0 Å². The topological polar surface area (TPSA) is 68.9 Å². The summed E-state index contributed by atoms with van der Waals surface area (Å²) in [6.45, 7) is -0.737. The molecule has 3 rings (SSSR count). The number of hydrogen-bond acceptors (Lipinski definition) is 4. The molecular formula is C17H13F2N3O2S. The quantitative estimate of drug-likeness (QED) is 0.561. The van der Waals surface area contributed by atoms with Crippen molar-refractivity contribution < 1.29 is 18.3 Å². The first kappa shape index (κ1) is 17.0. The predicted octanol–water partition coefficient (Wildman–Crippen LogP) is 3.11. The van der Waals surface area contributed by atoms with Gasteiger partial charge in [0.1, 0.15) is 5.69 Å². The summed E-state index contributed by atoms with van der Waals surface area (Å²) in [5.41, 5.74) is 1.96. The minimum atomic E-state index is -2.63. The first-order valence-electron chi connectivity index (χ1n) is 7.35. The van der Waals surface area contributed by atoms with Gasteiger partial charge in [0.05, 0.1) is 6.54 Å². The summed E-state index contributed by atoms with van der Waals surface area (Å²) in [6, 6.07) is 12.8. The van der Waals surface area contributed by atoms with E-state index in [1.807, 2.05) is 30.3 Å². The Morgan fingerprint density at radius 1 is 1.20 bits per heavy atom. The van der Waals surface area contributed by atoms with E-state index in [0.29, 0.717) is 9.74 Å². The van der Waals surface area contributed by atoms with Gasteiger partial charge in [-0.05, 0) is 11.6 Å². The van der Waals surface area contributed by atoms with Crippen LogP contribution in [0.1, 0.15) is 10.5 Å². The van der Waals surface area contributed by atoms with Crippen LogP contribution in [0.15, 0.2) is 54.0 Å². The van der Waals surface area contributed by atoms with Gasteiger partial charge in [0.2, 0.25) is 0 Å². The van der Waals surface area contributed by atoms with Gasteiger partial charge >= 0.3 is 0 Å². The van der Waals surface area contributed by atoms with Crippen LogP contribution < -0.4 is 10.0 Å². The second-order valence-corrected chi connectivity index (χ2v) is 5.99. The monoisotopic (exact) mass is 361 g/mol. The van der Waals surface area contributed by atoms with Crippen LogP contribution in [0, 0.1) is 5.21 Å². The van der Waals surface area contributed by atoms with Crippen molar-refractivity contribution in [2.75, 3.05) is 6.54 Å². The van der Waals surface area contributed by atoms with Gasteiger partial charge < -0.3 is 10.5 Å². The normalized spacial score (nSPS) is 10.8. The zero-order valence-corrected chi connectivity index (χ0v) is 13.7. The molecule has 2 aromatic heterocycles. The number of nitrogens with zero attached hydrogens (tertiary/aromatic N) is 2. The average Bonchev–Trinajstić information content (AvgIpc) is 3.10. The van der Waals surface area contributed by atoms with Gasteiger partial charge in [-0.2, -0.15) is 4.73 Å². The number of alkyl halides is 2. The van der Waals surface area contributed by atoms with Crippen LogP contribution in [0.4, 0.5) is 8.78 Å². The first-order chi connectivity index (χ1) is 12.0. The third kappa shape index (κ3) is 3.97. The Hall–Kier alpha value is -2.87. The molecule has 8 heteroatoms. The molecule has 128 valence electrons. The number of benzene rings is 1. The fraction of sp³-hybridized carbons (Fsp3) is 0.118. The van der Waals surface area contributed by atoms with Crippen LogP contribution >= 0.6 is 11.3 Å². The maximum absolute atomic E-state index is 12.3. The molecular weight excluding hydrogens is 348 g/mol. The van der Waals surface area contributed by atoms with Gasteiger partial charge in [-0.25, -0.2) is 13.8 Å². The number of hydrogen-bond donors (Lipinski definition) is 1. The fourth-order valence-corrected chi connectivity index (χ4v) is 3.02. The highest BCUT2D eigenvalue weighted by Crippen LogP contribution is 2.24. The Balaban J connectivity index is 1.82. The largest absolute Gasteiger partial charge is 0.618 e. The van der Waals surface area contributed by atoms with Crippen molar-refractivity contribution in [1.82, 2.24) is 10.3 Å². The lowest BCUT2D eigenvalue weighted by molar-refractivity contribution is -0.593. The highest BCUT2D eigenvalue weighted by Gasteiger charge is 2.18. The van der Waals surface area contributed by atoms with E-state index in [4.69, 9.17) is 0 Å². The van der Waals surface area contributed by atoms with Gasteiger partial charge in [-0.1, -0.05) is 30.3 Å². The number of thiazole rings is 1. The fourth-order valence-electron chi connectivity index (χ4n) is 2.20. The van der Waals surface area contributed by atoms with Crippen molar-refractivity contribution in [3.63, 3.8) is 0 Å². The van der Waals surface area contributed by atoms with E-state index in [-0.39, 0.29) is 11.4 Å². The Bertz CT molecular complexity index is 885. The lowest BCUT2D eigenvalue weighted by Crippen LogP contribution is -2.29. The van der Waals surface area contributed by atoms with E-state index in [1.165, 1.54) is 11.6 Å². The lowest BCUT2D eigenvalue weighted by atomic mass is 10.1. The Morgan fingerprint density at radius 2 is 1.96 bits per heavy atom. The molecule has 1 amide bonds. The van der Waals surface area contributed by atoms with Crippen molar-refractivity contribution >= 4 is 17.2 Å². The van der Waals surface area contributed by atoms with Crippen molar-refractivity contribution in [2.24, 2.45) is 0 Å². The number of amides is 1. The molecule has 0 unspecified atom stereocenters. The molecule has 0 radical (unpaired) electrons. The summed E-state index contributed by atoms with van der Waals surface area (Å²) in [5, 5.41) is 16.1. The molecule has 0 spiro atoms. The SMILES string of the molecule is O=C(NCC(F)F)c1csc(-c2ccc(-c3ccccc3)c[n+]2[O-])n1. The number of nitrogens with one attached hydrogen (secondary N) is 1. The molecule has 25 heavy (non-hydrogen) atoms. The van der Waals surface area contributed by atoms with E-state index >= 15 is 0 Å². The zero-order valence-electron chi connectivity index (χ0n) is 12.9. The second kappa shape index (κ2) is 7.35. The van der Waals surface area contributed by atoms with Crippen LogP contribution in [0.25, 0.3) is 21.8 Å². The second-order valence-electron chi connectivity index (χ2n) is 5.13. The minimum absolute atomic E-state index is 0.00721. The summed E-state index contributed by atoms with van der Waals surface area (Å²) in [4.78, 5) is 15.8. The summed E-state index contributed by atoms with van der Waals surface area (Å²) < 4.78 is 25.0. The van der Waals surface area contributed by atoms with Crippen molar-refractivity contribution in [3.8, 4) is 21.8 Å². The summed E-state index contributed by atoms with van der Waals surface area (Å²) >= 11 is 1.10. The lowest BCUT2D eigenvalue weighted by Gasteiger charge is -2.05. The third-order valence-electron chi connectivity index (χ3n) is 3.39. The first-order valence-corrected chi connectivity index (χ1v) is 8.23. The average molecular weight is 361 g/mol. The molecule has 3 aromatic rings. The molecule has 5 nitrogen and oxygen atoms in total. The molecule has 1 aromatic carbocycles. The molecule has 0 saturated heterocycles. The van der Waals surface area contributed by atoms with Crippen LogP contribution in [0.2, 0.25) is 0 Å². The number of rotatable bonds is 5. The molecule has 0 fully saturated rings. The van der Waals surface area contributed by atoms with Crippen molar-refractivity contribution in [1.29, 1.82) is 0 Å². The van der Waals surface area contributed by atoms with E-state index in [2.05, 4.69) is 10.3 Å². The van der Waals surface area contributed by atoms with Crippen molar-refractivity contribution in [2.45, 2.75) is 6.43 Å². The highest BCUT2D eigenvalue weighted by molar-refractivity contribution is 7.13. The summed E-state index contributed by atoms with van der Waals surface area (Å²) in [5.74, 6) is -0.693. The Morgan fingerprint density at radius 3 is 2.64 bits per heavy atom. The predicted molar refractivity (Wildman–Crippen MR) is 90.3 cm³/mol. The van der Waals surface area contributed by atoms with Gasteiger partial charge in [0, 0.05) is 17.0 Å². The number of pyridine rings is 1. The zero-order chi connectivity index (χ0) is 17.8. The van der Waals surface area contributed by atoms with Crippen molar-refractivity contribution in [3.05, 3.63) is 64.9 Å². The number of carbonyl (C=O) groups is 1. The van der Waals surface area contributed by atoms with E-state index in [1.54, 1.807) is 12.1 Å². The number of halogens is 2. The molecule has 2 heterocycles. The smallest absolute Gasteiger partial charge is 0.270 e. The number of carbonyl (C=O) groups excluding carboxylic acids is 1. The van der Waals surface area contributed by atoms with Gasteiger partial charge in [-0.3, -0.25) is 4.79 Å². The molecule has 0 saturated carbocycles. The van der Waals surface area contributed by atoms with Gasteiger partial charge in [-0.15, -0.1) is 11.3 Å². The Labute approximate surface area is 146 Å². The molecule has 0 bridgehead atoms. The van der Waals surface area contributed by atoms with Gasteiger partial charge in [0.25, 0.3) is 18.0 Å². The summed E-state index contributed by atoms with van der Waals surface area (Å²) in [7, 11) is 0. The van der Waals surface area contributed by atoms with Gasteiger partial charge in [0.15, 0.2) is 11.2 Å². The highest BCUT2D eigenvalue weighted by atomic mass is 32.1. The maximum Gasteiger partial charge on any atom is 0.270 e. The third-order valence-corrected chi connectivity index (χ3v) is 4.26. The van der Waals surface area contributed by atoms with Crippen LogP contribution in [-0.2, 0) is 0 Å². The molecule has 0 aliphatic heterocycles. The van der Waals surface area contributed by atoms with Crippen LogP contribution in [0.3, 0.4) is 0 Å². The standard InChI is InChI=1S/C17H13F2N3O2S/c18-15(19)8-20-16(23)13-10-25-17(21-13)14-7-6-12(9-22(14)24)11-4-2-1-3-5-11/h1-7,9-10,15H,8H2,(H,20,23). The number of aromatic nitrogens is 2. The molecule has 1 N–H and O–H groups in total. The van der Waals surface area contributed by atoms with E-state index in [0.717, 1.165) is 22.5 Å². The molecule has 0 atom stereocenters. The molecule has 0 aliphatic rings. The van der Waals surface area contributed by atoms with Crippen LogP contribution in [-0.4, -0.2) is 23.9 Å². The molecule has 0 aliphatic carbocycles. The van der Waals surface area contributed by atoms with E-state index < -0.39 is 18.9 Å².